The summed E-state index contributed by atoms with van der Waals surface area (Å²) >= 11 is 0. The van der Waals surface area contributed by atoms with Crippen LogP contribution in [0.5, 0.6) is 0 Å². The Morgan fingerprint density at radius 1 is 1.53 bits per heavy atom. The van der Waals surface area contributed by atoms with Crippen molar-refractivity contribution >= 4 is 5.78 Å². The van der Waals surface area contributed by atoms with E-state index in [0.717, 1.165) is 44.7 Å². The second-order valence-corrected chi connectivity index (χ2v) is 5.61. The van der Waals surface area contributed by atoms with Gasteiger partial charge in [0.15, 0.2) is 0 Å². The Labute approximate surface area is 105 Å². The van der Waals surface area contributed by atoms with Crippen LogP contribution in [0.1, 0.15) is 46.0 Å². The molecule has 0 spiro atoms. The van der Waals surface area contributed by atoms with Gasteiger partial charge in [-0.3, -0.25) is 4.79 Å². The van der Waals surface area contributed by atoms with E-state index < -0.39 is 0 Å². The summed E-state index contributed by atoms with van der Waals surface area (Å²) in [6, 6.07) is 0. The third-order valence-corrected chi connectivity index (χ3v) is 3.91. The van der Waals surface area contributed by atoms with Crippen LogP contribution < -0.4 is 0 Å². The lowest BCUT2D eigenvalue weighted by Crippen LogP contribution is -2.35. The standard InChI is InChI=1S/C14H27NO2/c1-4-12-5-6-14(17)13(9-12)10-15(3)8-7-11(2)16/h11-13,16H,4-10H2,1-3H3. The molecule has 0 aromatic heterocycles. The molecule has 3 nitrogen and oxygen atoms in total. The zero-order valence-corrected chi connectivity index (χ0v) is 11.5. The van der Waals surface area contributed by atoms with E-state index in [0.29, 0.717) is 5.78 Å². The maximum atomic E-state index is 11.9. The molecule has 100 valence electrons. The molecule has 0 aromatic rings. The third kappa shape index (κ3) is 5.17. The number of aliphatic hydroxyl groups excluding tert-OH is 1. The smallest absolute Gasteiger partial charge is 0.137 e. The van der Waals surface area contributed by atoms with Crippen molar-refractivity contribution in [2.24, 2.45) is 11.8 Å². The first-order chi connectivity index (χ1) is 8.02. The van der Waals surface area contributed by atoms with Crippen LogP contribution in [0.3, 0.4) is 0 Å². The highest BCUT2D eigenvalue weighted by molar-refractivity contribution is 5.81. The normalized spacial score (nSPS) is 27.5. The number of aliphatic hydroxyl groups is 1. The SMILES string of the molecule is CCC1CCC(=O)C(CN(C)CCC(C)O)C1. The number of nitrogens with zero attached hydrogens (tertiary/aromatic N) is 1. The monoisotopic (exact) mass is 241 g/mol. The van der Waals surface area contributed by atoms with Gasteiger partial charge in [-0.15, -0.1) is 0 Å². The molecule has 0 radical (unpaired) electrons. The average Bonchev–Trinajstić information content (AvgIpc) is 2.29. The van der Waals surface area contributed by atoms with Gasteiger partial charge in [0.1, 0.15) is 5.78 Å². The Kier molecular flexibility index (Phi) is 6.14. The lowest BCUT2D eigenvalue weighted by molar-refractivity contribution is -0.126. The first kappa shape index (κ1) is 14.7. The highest BCUT2D eigenvalue weighted by atomic mass is 16.3. The molecule has 1 aliphatic rings. The maximum absolute atomic E-state index is 11.9. The van der Waals surface area contributed by atoms with Crippen LogP contribution in [-0.4, -0.2) is 42.0 Å². The Bertz CT molecular complexity index is 240. The molecule has 0 aromatic carbocycles. The molecule has 3 atom stereocenters. The predicted molar refractivity (Wildman–Crippen MR) is 69.9 cm³/mol. The highest BCUT2D eigenvalue weighted by Gasteiger charge is 2.28. The summed E-state index contributed by atoms with van der Waals surface area (Å²) in [4.78, 5) is 14.0. The van der Waals surface area contributed by atoms with Gasteiger partial charge in [-0.1, -0.05) is 13.3 Å². The lowest BCUT2D eigenvalue weighted by atomic mass is 9.79. The molecular weight excluding hydrogens is 214 g/mol. The Morgan fingerprint density at radius 2 is 2.24 bits per heavy atom. The van der Waals surface area contributed by atoms with Crippen molar-refractivity contribution in [3.05, 3.63) is 0 Å². The van der Waals surface area contributed by atoms with Gasteiger partial charge in [-0.05, 0) is 39.2 Å². The lowest BCUT2D eigenvalue weighted by Gasteiger charge is -2.30. The fourth-order valence-electron chi connectivity index (χ4n) is 2.62. The maximum Gasteiger partial charge on any atom is 0.137 e. The highest BCUT2D eigenvalue weighted by Crippen LogP contribution is 2.29. The zero-order valence-electron chi connectivity index (χ0n) is 11.5. The minimum absolute atomic E-state index is 0.229. The molecule has 1 saturated carbocycles. The quantitative estimate of drug-likeness (QED) is 0.774. The van der Waals surface area contributed by atoms with Gasteiger partial charge in [0.2, 0.25) is 0 Å². The van der Waals surface area contributed by atoms with Crippen molar-refractivity contribution in [1.82, 2.24) is 4.90 Å². The van der Waals surface area contributed by atoms with Crippen LogP contribution in [-0.2, 0) is 4.79 Å². The summed E-state index contributed by atoms with van der Waals surface area (Å²) in [6.07, 6.45) is 4.66. The average molecular weight is 241 g/mol. The van der Waals surface area contributed by atoms with E-state index in [1.165, 1.54) is 6.42 Å². The molecule has 1 fully saturated rings. The molecule has 0 heterocycles. The first-order valence-electron chi connectivity index (χ1n) is 6.92. The topological polar surface area (TPSA) is 40.5 Å². The van der Waals surface area contributed by atoms with Gasteiger partial charge in [-0.2, -0.15) is 0 Å². The minimum atomic E-state index is -0.247. The van der Waals surface area contributed by atoms with Crippen molar-refractivity contribution in [3.8, 4) is 0 Å². The molecule has 0 amide bonds. The molecule has 0 aliphatic heterocycles. The fraction of sp³-hybridized carbons (Fsp3) is 0.929. The molecular formula is C14H27NO2. The van der Waals surface area contributed by atoms with Crippen LogP contribution in [0.2, 0.25) is 0 Å². The van der Waals surface area contributed by atoms with Gasteiger partial charge < -0.3 is 10.0 Å². The first-order valence-corrected chi connectivity index (χ1v) is 6.92. The van der Waals surface area contributed by atoms with Crippen LogP contribution in [0.4, 0.5) is 0 Å². The summed E-state index contributed by atoms with van der Waals surface area (Å²) in [5, 5.41) is 9.25. The summed E-state index contributed by atoms with van der Waals surface area (Å²) in [5.41, 5.74) is 0. The van der Waals surface area contributed by atoms with Gasteiger partial charge >= 0.3 is 0 Å². The summed E-state index contributed by atoms with van der Waals surface area (Å²) in [7, 11) is 2.05. The van der Waals surface area contributed by atoms with E-state index >= 15 is 0 Å². The fourth-order valence-corrected chi connectivity index (χ4v) is 2.62. The number of carbonyl (C=O) groups is 1. The minimum Gasteiger partial charge on any atom is -0.393 e. The van der Waals surface area contributed by atoms with Gasteiger partial charge in [0, 0.05) is 25.4 Å². The van der Waals surface area contributed by atoms with E-state index in [-0.39, 0.29) is 12.0 Å². The van der Waals surface area contributed by atoms with E-state index in [4.69, 9.17) is 0 Å². The summed E-state index contributed by atoms with van der Waals surface area (Å²) < 4.78 is 0. The van der Waals surface area contributed by atoms with Crippen molar-refractivity contribution < 1.29 is 9.90 Å². The number of carbonyl (C=O) groups excluding carboxylic acids is 1. The Balaban J connectivity index is 2.34. The molecule has 3 unspecified atom stereocenters. The van der Waals surface area contributed by atoms with Crippen LogP contribution in [0, 0.1) is 11.8 Å². The van der Waals surface area contributed by atoms with Crippen LogP contribution >= 0.6 is 0 Å². The summed E-state index contributed by atoms with van der Waals surface area (Å²) in [5.74, 6) is 1.41. The van der Waals surface area contributed by atoms with Crippen LogP contribution in [0.15, 0.2) is 0 Å². The van der Waals surface area contributed by atoms with E-state index in [9.17, 15) is 9.90 Å². The van der Waals surface area contributed by atoms with Crippen molar-refractivity contribution in [1.29, 1.82) is 0 Å². The van der Waals surface area contributed by atoms with Crippen LogP contribution in [0.25, 0.3) is 0 Å². The van der Waals surface area contributed by atoms with Gasteiger partial charge in [0.05, 0.1) is 6.10 Å². The number of hydrogen-bond acceptors (Lipinski definition) is 3. The number of rotatable bonds is 6. The summed E-state index contributed by atoms with van der Waals surface area (Å²) in [6.45, 7) is 5.77. The van der Waals surface area contributed by atoms with Gasteiger partial charge in [-0.25, -0.2) is 0 Å². The van der Waals surface area contributed by atoms with Crippen molar-refractivity contribution in [2.75, 3.05) is 20.1 Å². The molecule has 0 bridgehead atoms. The second-order valence-electron chi connectivity index (χ2n) is 5.61. The predicted octanol–water partition coefficient (Wildman–Crippen LogP) is 2.08. The number of Topliss-reactive ketones (excluding diaryl/α,β-unsaturated/α-hetero) is 1. The van der Waals surface area contributed by atoms with E-state index in [2.05, 4.69) is 11.8 Å². The molecule has 3 heteroatoms. The molecule has 1 N–H and O–H groups in total. The zero-order chi connectivity index (χ0) is 12.8. The number of hydrogen-bond donors (Lipinski definition) is 1. The van der Waals surface area contributed by atoms with Gasteiger partial charge in [0.25, 0.3) is 0 Å². The van der Waals surface area contributed by atoms with E-state index in [1.54, 1.807) is 0 Å². The third-order valence-electron chi connectivity index (χ3n) is 3.91. The molecule has 1 rings (SSSR count). The number of ketones is 1. The van der Waals surface area contributed by atoms with Crippen molar-refractivity contribution in [3.63, 3.8) is 0 Å². The van der Waals surface area contributed by atoms with E-state index in [1.807, 2.05) is 14.0 Å². The largest absolute Gasteiger partial charge is 0.393 e. The van der Waals surface area contributed by atoms with Crippen molar-refractivity contribution in [2.45, 2.75) is 52.1 Å². The Morgan fingerprint density at radius 3 is 2.82 bits per heavy atom. The second kappa shape index (κ2) is 7.12. The molecule has 17 heavy (non-hydrogen) atoms. The Hall–Kier alpha value is -0.410. The molecule has 1 aliphatic carbocycles. The molecule has 0 saturated heterocycles.